The molecule has 2 aromatic heterocycles. The maximum absolute atomic E-state index is 12.6. The summed E-state index contributed by atoms with van der Waals surface area (Å²) in [6.07, 6.45) is 1.99. The number of rotatable bonds is 4. The van der Waals surface area contributed by atoms with E-state index in [1.165, 1.54) is 6.26 Å². The summed E-state index contributed by atoms with van der Waals surface area (Å²) >= 11 is 0. The molecule has 8 nitrogen and oxygen atoms in total. The van der Waals surface area contributed by atoms with Gasteiger partial charge in [-0.1, -0.05) is 5.16 Å². The number of methoxy groups -OCH3 is 2. The molecule has 3 aromatic rings. The Balaban J connectivity index is 1.76. The Morgan fingerprint density at radius 1 is 1.28 bits per heavy atom. The zero-order valence-corrected chi connectivity index (χ0v) is 14.0. The molecule has 0 atom stereocenters. The van der Waals surface area contributed by atoms with Crippen LogP contribution in [0.4, 0.5) is 5.82 Å². The molecule has 4 rings (SSSR count). The van der Waals surface area contributed by atoms with Gasteiger partial charge in [0.25, 0.3) is 5.91 Å². The van der Waals surface area contributed by atoms with Crippen LogP contribution in [0.15, 0.2) is 29.0 Å². The van der Waals surface area contributed by atoms with Gasteiger partial charge >= 0.3 is 0 Å². The highest BCUT2D eigenvalue weighted by atomic mass is 16.5. The fourth-order valence-corrected chi connectivity index (χ4v) is 3.19. The Kier molecular flexibility index (Phi) is 3.45. The number of fused-ring (bicyclic) bond motifs is 3. The lowest BCUT2D eigenvalue weighted by Gasteiger charge is -2.11. The van der Waals surface area contributed by atoms with Gasteiger partial charge in [0.2, 0.25) is 0 Å². The Hall–Kier alpha value is -3.29. The Morgan fingerprint density at radius 3 is 2.72 bits per heavy atom. The molecule has 1 aromatic carbocycles. The normalized spacial score (nSPS) is 11.8. The van der Waals surface area contributed by atoms with Crippen LogP contribution in [0.2, 0.25) is 0 Å². The average molecular weight is 340 g/mol. The van der Waals surface area contributed by atoms with E-state index in [9.17, 15) is 4.79 Å². The van der Waals surface area contributed by atoms with E-state index in [1.807, 2.05) is 19.2 Å². The van der Waals surface area contributed by atoms with Gasteiger partial charge in [0, 0.05) is 30.7 Å². The van der Waals surface area contributed by atoms with Gasteiger partial charge < -0.3 is 19.3 Å². The number of nitrogens with one attached hydrogen (secondary N) is 1. The third-order valence-corrected chi connectivity index (χ3v) is 4.27. The molecule has 0 fully saturated rings. The van der Waals surface area contributed by atoms with Crippen LogP contribution in [0, 0.1) is 0 Å². The number of ether oxygens (including phenoxy) is 2. The number of carbonyl (C=O) groups is 1. The average Bonchev–Trinajstić information content (AvgIpc) is 3.30. The summed E-state index contributed by atoms with van der Waals surface area (Å²) in [7, 11) is 5.02. The molecule has 8 heteroatoms. The van der Waals surface area contributed by atoms with Crippen molar-refractivity contribution in [2.75, 3.05) is 19.5 Å². The van der Waals surface area contributed by atoms with Gasteiger partial charge in [-0.25, -0.2) is 0 Å². The van der Waals surface area contributed by atoms with Crippen molar-refractivity contribution in [1.29, 1.82) is 0 Å². The molecular formula is C17H16N4O4. The molecule has 0 aliphatic heterocycles. The fourth-order valence-electron chi connectivity index (χ4n) is 3.19. The molecule has 128 valence electrons. The minimum absolute atomic E-state index is 0.322. The van der Waals surface area contributed by atoms with E-state index in [-0.39, 0.29) is 5.91 Å². The maximum Gasteiger partial charge on any atom is 0.277 e. The van der Waals surface area contributed by atoms with Crippen LogP contribution in [0.5, 0.6) is 11.5 Å². The monoisotopic (exact) mass is 340 g/mol. The van der Waals surface area contributed by atoms with Crippen molar-refractivity contribution < 1.29 is 18.8 Å². The smallest absolute Gasteiger partial charge is 0.277 e. The van der Waals surface area contributed by atoms with Crippen LogP contribution >= 0.6 is 0 Å². The SMILES string of the molecule is COc1cc2c(cc1OC)-c1c(c(C(=O)Nc3ccon3)nn1C)C2. The number of aryl methyl sites for hydroxylation is 1. The lowest BCUT2D eigenvalue weighted by atomic mass is 10.1. The second-order valence-corrected chi connectivity index (χ2v) is 5.68. The van der Waals surface area contributed by atoms with Crippen molar-refractivity contribution in [2.45, 2.75) is 6.42 Å². The van der Waals surface area contributed by atoms with Gasteiger partial charge in [0.05, 0.1) is 19.9 Å². The largest absolute Gasteiger partial charge is 0.493 e. The summed E-state index contributed by atoms with van der Waals surface area (Å²) in [6, 6.07) is 5.43. The predicted molar refractivity (Wildman–Crippen MR) is 89.0 cm³/mol. The maximum atomic E-state index is 12.6. The van der Waals surface area contributed by atoms with Gasteiger partial charge in [-0.2, -0.15) is 5.10 Å². The number of anilines is 1. The van der Waals surface area contributed by atoms with Crippen molar-refractivity contribution in [1.82, 2.24) is 14.9 Å². The molecule has 25 heavy (non-hydrogen) atoms. The van der Waals surface area contributed by atoms with E-state index >= 15 is 0 Å². The van der Waals surface area contributed by atoms with Crippen molar-refractivity contribution in [3.63, 3.8) is 0 Å². The lowest BCUT2D eigenvalue weighted by Crippen LogP contribution is -2.15. The molecule has 1 aliphatic carbocycles. The molecule has 2 heterocycles. The molecule has 0 unspecified atom stereocenters. The highest BCUT2D eigenvalue weighted by Crippen LogP contribution is 2.43. The highest BCUT2D eigenvalue weighted by Gasteiger charge is 2.31. The molecular weight excluding hydrogens is 324 g/mol. The fraction of sp³-hybridized carbons (Fsp3) is 0.235. The number of hydrogen-bond donors (Lipinski definition) is 1. The Labute approximate surface area is 143 Å². The third-order valence-electron chi connectivity index (χ3n) is 4.27. The molecule has 0 saturated heterocycles. The van der Waals surface area contributed by atoms with Crippen LogP contribution < -0.4 is 14.8 Å². The number of benzene rings is 1. The standard InChI is InChI=1S/C17H16N4O4/c1-21-16-10-8-13(24-3)12(23-2)7-9(10)6-11(16)15(19-21)17(22)18-14-4-5-25-20-14/h4-5,7-8H,6H2,1-3H3,(H,18,20,22). The highest BCUT2D eigenvalue weighted by molar-refractivity contribution is 6.05. The summed E-state index contributed by atoms with van der Waals surface area (Å²) in [5.74, 6) is 1.33. The molecule has 1 aliphatic rings. The number of aromatic nitrogens is 3. The van der Waals surface area contributed by atoms with E-state index in [2.05, 4.69) is 15.6 Å². The number of carbonyl (C=O) groups excluding carboxylic acids is 1. The second-order valence-electron chi connectivity index (χ2n) is 5.68. The van der Waals surface area contributed by atoms with Crippen molar-refractivity contribution in [2.24, 2.45) is 7.05 Å². The number of hydrogen-bond acceptors (Lipinski definition) is 6. The van der Waals surface area contributed by atoms with Crippen LogP contribution in [0.1, 0.15) is 21.6 Å². The Morgan fingerprint density at radius 2 is 2.04 bits per heavy atom. The van der Waals surface area contributed by atoms with Crippen molar-refractivity contribution >= 4 is 11.7 Å². The van der Waals surface area contributed by atoms with E-state index in [0.29, 0.717) is 29.4 Å². The van der Waals surface area contributed by atoms with Crippen LogP contribution in [0.25, 0.3) is 11.3 Å². The first-order valence-electron chi connectivity index (χ1n) is 7.65. The lowest BCUT2D eigenvalue weighted by molar-refractivity contribution is 0.102. The zero-order valence-electron chi connectivity index (χ0n) is 14.0. The first-order valence-corrected chi connectivity index (χ1v) is 7.65. The molecule has 0 saturated carbocycles. The van der Waals surface area contributed by atoms with Crippen LogP contribution in [0.3, 0.4) is 0 Å². The molecule has 1 N–H and O–H groups in total. The minimum Gasteiger partial charge on any atom is -0.493 e. The zero-order chi connectivity index (χ0) is 17.6. The van der Waals surface area contributed by atoms with Crippen LogP contribution in [-0.2, 0) is 13.5 Å². The van der Waals surface area contributed by atoms with E-state index in [1.54, 1.807) is 25.0 Å². The first kappa shape index (κ1) is 15.3. The van der Waals surface area contributed by atoms with Gasteiger partial charge in [0.1, 0.15) is 6.26 Å². The third kappa shape index (κ3) is 2.34. The number of amides is 1. The topological polar surface area (TPSA) is 91.4 Å². The van der Waals surface area contributed by atoms with Gasteiger partial charge in [-0.05, 0) is 17.7 Å². The molecule has 0 bridgehead atoms. The molecule has 0 spiro atoms. The second kappa shape index (κ2) is 5.66. The molecule has 1 amide bonds. The van der Waals surface area contributed by atoms with Crippen LogP contribution in [-0.4, -0.2) is 35.1 Å². The number of nitrogens with zero attached hydrogens (tertiary/aromatic N) is 3. The quantitative estimate of drug-likeness (QED) is 0.613. The minimum atomic E-state index is -0.322. The van der Waals surface area contributed by atoms with Gasteiger partial charge in [0.15, 0.2) is 23.0 Å². The summed E-state index contributed by atoms with van der Waals surface area (Å²) in [6.45, 7) is 0. The van der Waals surface area contributed by atoms with Gasteiger partial charge in [-0.3, -0.25) is 9.48 Å². The van der Waals surface area contributed by atoms with Crippen molar-refractivity contribution in [3.05, 3.63) is 41.3 Å². The Bertz CT molecular complexity index is 960. The van der Waals surface area contributed by atoms with E-state index < -0.39 is 0 Å². The molecule has 0 radical (unpaired) electrons. The van der Waals surface area contributed by atoms with E-state index in [4.69, 9.17) is 14.0 Å². The van der Waals surface area contributed by atoms with Gasteiger partial charge in [-0.15, -0.1) is 0 Å². The summed E-state index contributed by atoms with van der Waals surface area (Å²) in [5.41, 5.74) is 4.20. The summed E-state index contributed by atoms with van der Waals surface area (Å²) in [4.78, 5) is 12.6. The summed E-state index contributed by atoms with van der Waals surface area (Å²) in [5, 5.41) is 10.8. The van der Waals surface area contributed by atoms with E-state index in [0.717, 1.165) is 22.4 Å². The first-order chi connectivity index (χ1) is 12.1. The predicted octanol–water partition coefficient (Wildman–Crippen LogP) is 2.25. The summed E-state index contributed by atoms with van der Waals surface area (Å²) < 4.78 is 17.2. The van der Waals surface area contributed by atoms with Crippen molar-refractivity contribution in [3.8, 4) is 22.8 Å².